The topological polar surface area (TPSA) is 210 Å². The maximum Gasteiger partial charge on any atom is 0.472 e. The SMILES string of the molecule is CCCCC/C=C/C/C=C/C/C=C/CCCCCCC(=O)OC[C@@H](COP(=O)(O)OC1C(O)C(O)C(O)[C@H](O)C1O)OC(=O)CCCCC/C=C/CCCCCCCC. The average molecular weight is 859 g/mol. The molecule has 6 unspecified atom stereocenters. The maximum atomic E-state index is 12.8. The van der Waals surface area contributed by atoms with E-state index in [9.17, 15) is 44.6 Å². The number of unbranched alkanes of at least 4 members (excludes halogenated alkanes) is 16. The molecule has 1 saturated carbocycles. The molecule has 59 heavy (non-hydrogen) atoms. The minimum atomic E-state index is -5.13. The van der Waals surface area contributed by atoms with E-state index in [4.69, 9.17) is 18.5 Å². The number of allylic oxidation sites excluding steroid dienone is 8. The van der Waals surface area contributed by atoms with Crippen LogP contribution in [-0.2, 0) is 32.7 Å². The van der Waals surface area contributed by atoms with Crippen LogP contribution in [-0.4, -0.2) is 98.3 Å². The minimum absolute atomic E-state index is 0.0699. The molecule has 0 saturated heterocycles. The Hall–Kier alpha value is -2.19. The third-order valence-corrected chi connectivity index (χ3v) is 11.1. The van der Waals surface area contributed by atoms with Crippen molar-refractivity contribution in [3.05, 3.63) is 48.6 Å². The van der Waals surface area contributed by atoms with Crippen molar-refractivity contribution < 1.29 is 63.1 Å². The molecule has 8 atom stereocenters. The molecule has 0 aliphatic heterocycles. The van der Waals surface area contributed by atoms with Crippen molar-refractivity contribution in [2.75, 3.05) is 13.2 Å². The predicted octanol–water partition coefficient (Wildman–Crippen LogP) is 8.39. The number of carbonyl (C=O) groups is 2. The average Bonchev–Trinajstić information content (AvgIpc) is 3.21. The Morgan fingerprint density at radius 3 is 1.46 bits per heavy atom. The molecule has 0 bridgehead atoms. The molecule has 14 heteroatoms. The van der Waals surface area contributed by atoms with E-state index in [1.807, 2.05) is 0 Å². The summed E-state index contributed by atoms with van der Waals surface area (Å²) in [6.07, 6.45) is 27.4. The summed E-state index contributed by atoms with van der Waals surface area (Å²) in [4.78, 5) is 35.6. The molecule has 1 rings (SSSR count). The lowest BCUT2D eigenvalue weighted by Crippen LogP contribution is -2.64. The first-order chi connectivity index (χ1) is 28.4. The molecule has 6 N–H and O–H groups in total. The van der Waals surface area contributed by atoms with Crippen LogP contribution in [0.15, 0.2) is 48.6 Å². The van der Waals surface area contributed by atoms with Crippen molar-refractivity contribution in [3.8, 4) is 0 Å². The summed E-state index contributed by atoms with van der Waals surface area (Å²) >= 11 is 0. The van der Waals surface area contributed by atoms with Crippen LogP contribution in [0.1, 0.15) is 168 Å². The van der Waals surface area contributed by atoms with Crippen molar-refractivity contribution in [2.45, 2.75) is 211 Å². The smallest absolute Gasteiger partial charge is 0.462 e. The number of hydrogen-bond donors (Lipinski definition) is 6. The molecule has 1 aliphatic rings. The van der Waals surface area contributed by atoms with Crippen LogP contribution < -0.4 is 0 Å². The fourth-order valence-electron chi connectivity index (χ4n) is 6.46. The monoisotopic (exact) mass is 859 g/mol. The van der Waals surface area contributed by atoms with Gasteiger partial charge in [-0.25, -0.2) is 4.57 Å². The standard InChI is InChI=1S/C45H79O13P/c1-3-5-7-9-11-13-15-17-18-19-20-22-23-25-27-29-31-33-38(46)55-35-37(36-56-59(53,54)58-45-43(51)41(49)40(48)42(50)44(45)52)57-39(47)34-32-30-28-26-24-21-16-14-12-10-8-6-4-2/h11,13,17-18,20-22,24,37,40-45,48-52H,3-10,12,14-16,19,23,25-36H2,1-2H3,(H,53,54)/b13-11+,18-17+,22-20+,24-21+/t37-,40?,41-,42?,43?,44?,45?/m0/s1. The number of phosphoric ester groups is 1. The van der Waals surface area contributed by atoms with Gasteiger partial charge in [0.05, 0.1) is 6.61 Å². The van der Waals surface area contributed by atoms with Crippen molar-refractivity contribution in [1.82, 2.24) is 0 Å². The highest BCUT2D eigenvalue weighted by atomic mass is 31.2. The van der Waals surface area contributed by atoms with Crippen molar-refractivity contribution >= 4 is 19.8 Å². The van der Waals surface area contributed by atoms with Crippen molar-refractivity contribution in [3.63, 3.8) is 0 Å². The summed E-state index contributed by atoms with van der Waals surface area (Å²) < 4.78 is 33.4. The molecule has 13 nitrogen and oxygen atoms in total. The van der Waals surface area contributed by atoms with Gasteiger partial charge >= 0.3 is 19.8 Å². The fraction of sp³-hybridized carbons (Fsp3) is 0.778. The van der Waals surface area contributed by atoms with Gasteiger partial charge in [0, 0.05) is 12.8 Å². The molecule has 0 aromatic heterocycles. The van der Waals surface area contributed by atoms with Gasteiger partial charge in [0.1, 0.15) is 43.2 Å². The number of aliphatic hydroxyl groups excluding tert-OH is 5. The molecule has 0 aromatic rings. The van der Waals surface area contributed by atoms with E-state index in [2.05, 4.69) is 62.5 Å². The fourth-order valence-corrected chi connectivity index (χ4v) is 7.44. The number of hydrogen-bond acceptors (Lipinski definition) is 12. The molecule has 1 aliphatic carbocycles. The largest absolute Gasteiger partial charge is 0.472 e. The Morgan fingerprint density at radius 1 is 0.525 bits per heavy atom. The lowest BCUT2D eigenvalue weighted by molar-refractivity contribution is -0.220. The first-order valence-electron chi connectivity index (χ1n) is 22.4. The van der Waals surface area contributed by atoms with Crippen LogP contribution in [0, 0.1) is 0 Å². The van der Waals surface area contributed by atoms with Gasteiger partial charge in [0.2, 0.25) is 0 Å². The lowest BCUT2D eigenvalue weighted by Gasteiger charge is -2.41. The molecule has 0 radical (unpaired) electrons. The second-order valence-corrected chi connectivity index (χ2v) is 16.9. The molecule has 342 valence electrons. The quantitative estimate of drug-likeness (QED) is 0.0152. The van der Waals surface area contributed by atoms with Crippen molar-refractivity contribution in [1.29, 1.82) is 0 Å². The first kappa shape index (κ1) is 54.8. The number of rotatable bonds is 36. The molecular weight excluding hydrogens is 779 g/mol. The zero-order valence-electron chi connectivity index (χ0n) is 36.0. The summed E-state index contributed by atoms with van der Waals surface area (Å²) in [5.74, 6) is -1.15. The van der Waals surface area contributed by atoms with E-state index in [1.165, 1.54) is 57.8 Å². The molecule has 1 fully saturated rings. The normalized spacial score (nSPS) is 22.8. The van der Waals surface area contributed by atoms with E-state index in [0.717, 1.165) is 70.6 Å². The van der Waals surface area contributed by atoms with Gasteiger partial charge < -0.3 is 39.9 Å². The Labute approximate surface area is 354 Å². The van der Waals surface area contributed by atoms with Gasteiger partial charge in [-0.05, 0) is 77.0 Å². The molecule has 0 spiro atoms. The first-order valence-corrected chi connectivity index (χ1v) is 23.9. The van der Waals surface area contributed by atoms with E-state index in [-0.39, 0.29) is 12.8 Å². The third kappa shape index (κ3) is 28.1. The number of ether oxygens (including phenoxy) is 2. The Morgan fingerprint density at radius 2 is 0.915 bits per heavy atom. The van der Waals surface area contributed by atoms with Gasteiger partial charge in [0.25, 0.3) is 0 Å². The van der Waals surface area contributed by atoms with Crippen LogP contribution >= 0.6 is 7.82 Å². The van der Waals surface area contributed by atoms with Crippen LogP contribution in [0.4, 0.5) is 0 Å². The van der Waals surface area contributed by atoms with E-state index >= 15 is 0 Å². The van der Waals surface area contributed by atoms with Gasteiger partial charge in [-0.3, -0.25) is 18.6 Å². The van der Waals surface area contributed by atoms with E-state index in [1.54, 1.807) is 0 Å². The summed E-state index contributed by atoms with van der Waals surface area (Å²) in [5.41, 5.74) is 0. The Kier molecular flexibility index (Phi) is 32.9. The molecule has 0 heterocycles. The highest BCUT2D eigenvalue weighted by Gasteiger charge is 2.51. The molecule has 0 aromatic carbocycles. The number of esters is 2. The predicted molar refractivity (Wildman–Crippen MR) is 230 cm³/mol. The van der Waals surface area contributed by atoms with Gasteiger partial charge in [-0.2, -0.15) is 0 Å². The second kappa shape index (κ2) is 35.4. The van der Waals surface area contributed by atoms with Crippen LogP contribution in [0.3, 0.4) is 0 Å². The molecular formula is C45H79O13P. The summed E-state index contributed by atoms with van der Waals surface area (Å²) in [5, 5.41) is 50.1. The number of carbonyl (C=O) groups excluding carboxylic acids is 2. The van der Waals surface area contributed by atoms with Crippen LogP contribution in [0.25, 0.3) is 0 Å². The zero-order valence-corrected chi connectivity index (χ0v) is 36.9. The summed E-state index contributed by atoms with van der Waals surface area (Å²) in [6, 6.07) is 0. The number of aliphatic hydroxyl groups is 5. The third-order valence-electron chi connectivity index (χ3n) is 10.1. The Bertz CT molecular complexity index is 1220. The zero-order chi connectivity index (χ0) is 43.6. The van der Waals surface area contributed by atoms with E-state index in [0.29, 0.717) is 12.8 Å². The van der Waals surface area contributed by atoms with Gasteiger partial charge in [-0.15, -0.1) is 0 Å². The second-order valence-electron chi connectivity index (χ2n) is 15.5. The molecule has 0 amide bonds. The summed E-state index contributed by atoms with van der Waals surface area (Å²) in [7, 11) is -5.13. The Balaban J connectivity index is 2.50. The lowest BCUT2D eigenvalue weighted by atomic mass is 9.85. The highest BCUT2D eigenvalue weighted by molar-refractivity contribution is 7.47. The van der Waals surface area contributed by atoms with Gasteiger partial charge in [0.15, 0.2) is 6.10 Å². The maximum absolute atomic E-state index is 12.8. The minimum Gasteiger partial charge on any atom is -0.462 e. The van der Waals surface area contributed by atoms with E-state index < -0.39 is 75.7 Å². The number of phosphoric acid groups is 1. The highest BCUT2D eigenvalue weighted by Crippen LogP contribution is 2.47. The summed E-state index contributed by atoms with van der Waals surface area (Å²) in [6.45, 7) is 3.21. The van der Waals surface area contributed by atoms with Crippen molar-refractivity contribution in [2.24, 2.45) is 0 Å². The van der Waals surface area contributed by atoms with Crippen LogP contribution in [0.2, 0.25) is 0 Å². The van der Waals surface area contributed by atoms with Gasteiger partial charge in [-0.1, -0.05) is 127 Å². The van der Waals surface area contributed by atoms with Crippen LogP contribution in [0.5, 0.6) is 0 Å².